The van der Waals surface area contributed by atoms with Crippen molar-refractivity contribution in [2.24, 2.45) is 0 Å². The SMILES string of the molecule is O=C(c1ncc(Cl)c(Cl)c1Cl)N1CCN(CCO)CC1. The number of aromatic nitrogens is 1. The topological polar surface area (TPSA) is 56.7 Å². The maximum atomic E-state index is 12.4. The van der Waals surface area contributed by atoms with Crippen LogP contribution in [0.25, 0.3) is 0 Å². The average Bonchev–Trinajstić information content (AvgIpc) is 2.45. The molecular formula is C12H14Cl3N3O2. The summed E-state index contributed by atoms with van der Waals surface area (Å²) in [6, 6.07) is 0. The maximum Gasteiger partial charge on any atom is 0.274 e. The van der Waals surface area contributed by atoms with Crippen LogP contribution in [0.15, 0.2) is 6.20 Å². The molecule has 2 heterocycles. The number of carbonyl (C=O) groups excluding carboxylic acids is 1. The highest BCUT2D eigenvalue weighted by Gasteiger charge is 2.25. The van der Waals surface area contributed by atoms with Gasteiger partial charge in [-0.2, -0.15) is 0 Å². The fourth-order valence-corrected chi connectivity index (χ4v) is 2.62. The number of amides is 1. The molecule has 1 aromatic heterocycles. The van der Waals surface area contributed by atoms with Gasteiger partial charge in [0.2, 0.25) is 0 Å². The standard InChI is InChI=1S/C12H14Cl3N3O2/c13-8-7-16-11(10(15)9(8)14)12(20)18-3-1-17(2-4-18)5-6-19/h7,19H,1-6H2. The van der Waals surface area contributed by atoms with Crippen molar-refractivity contribution < 1.29 is 9.90 Å². The first kappa shape index (κ1) is 15.8. The first-order valence-electron chi connectivity index (χ1n) is 6.16. The summed E-state index contributed by atoms with van der Waals surface area (Å²) in [6.07, 6.45) is 1.32. The lowest BCUT2D eigenvalue weighted by Crippen LogP contribution is -2.49. The van der Waals surface area contributed by atoms with E-state index in [1.165, 1.54) is 6.20 Å². The molecule has 2 rings (SSSR count). The van der Waals surface area contributed by atoms with Gasteiger partial charge in [0.15, 0.2) is 0 Å². The summed E-state index contributed by atoms with van der Waals surface area (Å²) in [7, 11) is 0. The van der Waals surface area contributed by atoms with Gasteiger partial charge in [-0.3, -0.25) is 9.69 Å². The molecule has 1 aliphatic heterocycles. The summed E-state index contributed by atoms with van der Waals surface area (Å²) in [6.45, 7) is 3.30. The van der Waals surface area contributed by atoms with Gasteiger partial charge < -0.3 is 10.0 Å². The third-order valence-corrected chi connectivity index (χ3v) is 4.44. The Hall–Kier alpha value is -0.590. The van der Waals surface area contributed by atoms with E-state index in [1.54, 1.807) is 4.90 Å². The fourth-order valence-electron chi connectivity index (χ4n) is 2.06. The zero-order chi connectivity index (χ0) is 14.7. The number of hydrogen-bond acceptors (Lipinski definition) is 4. The van der Waals surface area contributed by atoms with Gasteiger partial charge in [-0.1, -0.05) is 34.8 Å². The number of β-amino-alcohol motifs (C(OH)–C–C–N with tert-alkyl or cyclic N) is 1. The molecule has 110 valence electrons. The number of hydrogen-bond donors (Lipinski definition) is 1. The molecule has 1 fully saturated rings. The summed E-state index contributed by atoms with van der Waals surface area (Å²) in [5.74, 6) is -0.253. The molecule has 1 aromatic rings. The molecule has 1 N–H and O–H groups in total. The summed E-state index contributed by atoms with van der Waals surface area (Å²) in [5, 5.41) is 9.34. The average molecular weight is 339 g/mol. The minimum Gasteiger partial charge on any atom is -0.395 e. The van der Waals surface area contributed by atoms with E-state index in [0.29, 0.717) is 32.7 Å². The minimum absolute atomic E-state index is 0.0851. The van der Waals surface area contributed by atoms with Crippen molar-refractivity contribution >= 4 is 40.7 Å². The molecule has 8 heteroatoms. The van der Waals surface area contributed by atoms with Gasteiger partial charge in [0.1, 0.15) is 5.69 Å². The highest BCUT2D eigenvalue weighted by molar-refractivity contribution is 6.48. The van der Waals surface area contributed by atoms with E-state index < -0.39 is 0 Å². The Bertz CT molecular complexity index is 505. The van der Waals surface area contributed by atoms with Crippen LogP contribution >= 0.6 is 34.8 Å². The second-order valence-electron chi connectivity index (χ2n) is 4.44. The van der Waals surface area contributed by atoms with Crippen LogP contribution in [0.2, 0.25) is 15.1 Å². The number of nitrogens with zero attached hydrogens (tertiary/aromatic N) is 3. The van der Waals surface area contributed by atoms with Crippen LogP contribution in [-0.4, -0.2) is 65.1 Å². The fraction of sp³-hybridized carbons (Fsp3) is 0.500. The second-order valence-corrected chi connectivity index (χ2v) is 5.60. The number of piperazine rings is 1. The number of aliphatic hydroxyl groups is 1. The van der Waals surface area contributed by atoms with Crippen molar-refractivity contribution in [2.45, 2.75) is 0 Å². The van der Waals surface area contributed by atoms with E-state index in [4.69, 9.17) is 39.9 Å². The molecular weight excluding hydrogens is 325 g/mol. The van der Waals surface area contributed by atoms with Crippen LogP contribution in [0.4, 0.5) is 0 Å². The summed E-state index contributed by atoms with van der Waals surface area (Å²) in [4.78, 5) is 20.1. The summed E-state index contributed by atoms with van der Waals surface area (Å²) in [5.41, 5.74) is 0.122. The lowest BCUT2D eigenvalue weighted by molar-refractivity contribution is 0.0609. The molecule has 20 heavy (non-hydrogen) atoms. The summed E-state index contributed by atoms with van der Waals surface area (Å²) < 4.78 is 0. The van der Waals surface area contributed by atoms with E-state index in [-0.39, 0.29) is 33.3 Å². The van der Waals surface area contributed by atoms with E-state index in [2.05, 4.69) is 9.88 Å². The maximum absolute atomic E-state index is 12.4. The number of pyridine rings is 1. The van der Waals surface area contributed by atoms with E-state index in [1.807, 2.05) is 0 Å². The number of rotatable bonds is 3. The Kier molecular flexibility index (Phi) is 5.46. The molecule has 0 bridgehead atoms. The predicted octanol–water partition coefficient (Wildman–Crippen LogP) is 1.79. The van der Waals surface area contributed by atoms with Gasteiger partial charge in [-0.05, 0) is 0 Å². The van der Waals surface area contributed by atoms with Crippen molar-refractivity contribution in [3.05, 3.63) is 27.0 Å². The number of halogens is 3. The first-order valence-corrected chi connectivity index (χ1v) is 7.30. The van der Waals surface area contributed by atoms with Crippen LogP contribution in [0.3, 0.4) is 0 Å². The molecule has 0 aromatic carbocycles. The van der Waals surface area contributed by atoms with Crippen molar-refractivity contribution in [1.82, 2.24) is 14.8 Å². The van der Waals surface area contributed by atoms with Gasteiger partial charge in [-0.15, -0.1) is 0 Å². The van der Waals surface area contributed by atoms with Gasteiger partial charge in [-0.25, -0.2) is 4.98 Å². The molecule has 1 saturated heterocycles. The van der Waals surface area contributed by atoms with E-state index >= 15 is 0 Å². The Morgan fingerprint density at radius 2 is 1.85 bits per heavy atom. The highest BCUT2D eigenvalue weighted by atomic mass is 35.5. The molecule has 1 aliphatic rings. The summed E-state index contributed by atoms with van der Waals surface area (Å²) >= 11 is 17.7. The molecule has 0 radical (unpaired) electrons. The molecule has 0 saturated carbocycles. The Labute approximate surface area is 132 Å². The van der Waals surface area contributed by atoms with Crippen LogP contribution in [0.1, 0.15) is 10.5 Å². The van der Waals surface area contributed by atoms with Crippen LogP contribution in [0, 0.1) is 0 Å². The minimum atomic E-state index is -0.253. The zero-order valence-electron chi connectivity index (χ0n) is 10.7. The smallest absolute Gasteiger partial charge is 0.274 e. The zero-order valence-corrected chi connectivity index (χ0v) is 12.9. The van der Waals surface area contributed by atoms with Crippen LogP contribution in [0.5, 0.6) is 0 Å². The molecule has 0 aliphatic carbocycles. The van der Waals surface area contributed by atoms with Crippen molar-refractivity contribution in [3.8, 4) is 0 Å². The third-order valence-electron chi connectivity index (χ3n) is 3.20. The number of aliphatic hydroxyl groups excluding tert-OH is 1. The third kappa shape index (κ3) is 3.35. The normalized spacial score (nSPS) is 16.5. The predicted molar refractivity (Wildman–Crippen MR) is 78.7 cm³/mol. The molecule has 0 spiro atoms. The van der Waals surface area contributed by atoms with Gasteiger partial charge in [0.25, 0.3) is 5.91 Å². The van der Waals surface area contributed by atoms with Crippen LogP contribution in [-0.2, 0) is 0 Å². The Balaban J connectivity index is 2.08. The van der Waals surface area contributed by atoms with Gasteiger partial charge in [0, 0.05) is 38.9 Å². The van der Waals surface area contributed by atoms with E-state index in [0.717, 1.165) is 0 Å². The van der Waals surface area contributed by atoms with Gasteiger partial charge in [0.05, 0.1) is 21.7 Å². The molecule has 0 atom stereocenters. The van der Waals surface area contributed by atoms with Crippen molar-refractivity contribution in [2.75, 3.05) is 39.3 Å². The van der Waals surface area contributed by atoms with E-state index in [9.17, 15) is 4.79 Å². The monoisotopic (exact) mass is 337 g/mol. The first-order chi connectivity index (χ1) is 9.54. The molecule has 0 unspecified atom stereocenters. The number of carbonyl (C=O) groups is 1. The largest absolute Gasteiger partial charge is 0.395 e. The lowest BCUT2D eigenvalue weighted by Gasteiger charge is -2.34. The Morgan fingerprint density at radius 1 is 1.20 bits per heavy atom. The van der Waals surface area contributed by atoms with Crippen molar-refractivity contribution in [3.63, 3.8) is 0 Å². The highest BCUT2D eigenvalue weighted by Crippen LogP contribution is 2.31. The quantitative estimate of drug-likeness (QED) is 0.913. The van der Waals surface area contributed by atoms with Crippen molar-refractivity contribution in [1.29, 1.82) is 0 Å². The lowest BCUT2D eigenvalue weighted by atomic mass is 10.2. The van der Waals surface area contributed by atoms with Gasteiger partial charge >= 0.3 is 0 Å². The molecule has 1 amide bonds. The van der Waals surface area contributed by atoms with Crippen LogP contribution < -0.4 is 0 Å². The molecule has 5 nitrogen and oxygen atoms in total. The second kappa shape index (κ2) is 6.91. The Morgan fingerprint density at radius 3 is 2.45 bits per heavy atom.